The number of amides is 2. The molecule has 1 aromatic rings. The SMILES string of the molecule is CCC1C(=O)NC(=O)CN1CC(=O)c1cc(C)ccc1C. The zero-order chi connectivity index (χ0) is 15.6. The normalized spacial score (nSPS) is 19.5. The lowest BCUT2D eigenvalue weighted by atomic mass is 10.0. The van der Waals surface area contributed by atoms with Gasteiger partial charge < -0.3 is 0 Å². The molecule has 0 saturated carbocycles. The zero-order valence-corrected chi connectivity index (χ0v) is 12.6. The van der Waals surface area contributed by atoms with Gasteiger partial charge >= 0.3 is 0 Å². The molecule has 21 heavy (non-hydrogen) atoms. The van der Waals surface area contributed by atoms with Crippen molar-refractivity contribution in [2.24, 2.45) is 0 Å². The molecule has 2 rings (SSSR count). The van der Waals surface area contributed by atoms with Gasteiger partial charge in [-0.2, -0.15) is 0 Å². The highest BCUT2D eigenvalue weighted by molar-refractivity contribution is 6.03. The molecule has 0 spiro atoms. The number of ketones is 1. The van der Waals surface area contributed by atoms with E-state index in [1.54, 1.807) is 4.90 Å². The van der Waals surface area contributed by atoms with Gasteiger partial charge in [-0.3, -0.25) is 24.6 Å². The molecule has 1 aliphatic heterocycles. The molecule has 1 unspecified atom stereocenters. The number of carbonyl (C=O) groups excluding carboxylic acids is 3. The summed E-state index contributed by atoms with van der Waals surface area (Å²) in [5, 5.41) is 2.31. The Morgan fingerprint density at radius 2 is 2.05 bits per heavy atom. The van der Waals surface area contributed by atoms with Gasteiger partial charge in [0.1, 0.15) is 0 Å². The number of nitrogens with one attached hydrogen (secondary N) is 1. The summed E-state index contributed by atoms with van der Waals surface area (Å²) >= 11 is 0. The van der Waals surface area contributed by atoms with Crippen LogP contribution in [0.1, 0.15) is 34.8 Å². The van der Waals surface area contributed by atoms with Crippen molar-refractivity contribution in [1.29, 1.82) is 0 Å². The molecule has 1 saturated heterocycles. The van der Waals surface area contributed by atoms with E-state index < -0.39 is 6.04 Å². The van der Waals surface area contributed by atoms with Crippen LogP contribution < -0.4 is 5.32 Å². The number of rotatable bonds is 4. The first-order valence-corrected chi connectivity index (χ1v) is 7.10. The predicted molar refractivity (Wildman–Crippen MR) is 79.0 cm³/mol. The van der Waals surface area contributed by atoms with Crippen LogP contribution in [-0.2, 0) is 9.59 Å². The third kappa shape index (κ3) is 3.36. The Hall–Kier alpha value is -2.01. The Morgan fingerprint density at radius 1 is 1.33 bits per heavy atom. The molecule has 0 aromatic heterocycles. The van der Waals surface area contributed by atoms with E-state index >= 15 is 0 Å². The predicted octanol–water partition coefficient (Wildman–Crippen LogP) is 1.22. The largest absolute Gasteiger partial charge is 0.294 e. The van der Waals surface area contributed by atoms with Crippen molar-refractivity contribution >= 4 is 17.6 Å². The van der Waals surface area contributed by atoms with E-state index in [1.807, 2.05) is 39.0 Å². The number of hydrogen-bond acceptors (Lipinski definition) is 4. The summed E-state index contributed by atoms with van der Waals surface area (Å²) in [5.41, 5.74) is 2.58. The van der Waals surface area contributed by atoms with E-state index in [0.29, 0.717) is 12.0 Å². The highest BCUT2D eigenvalue weighted by atomic mass is 16.2. The summed E-state index contributed by atoms with van der Waals surface area (Å²) in [6, 6.07) is 5.30. The highest BCUT2D eigenvalue weighted by Gasteiger charge is 2.33. The molecule has 5 nitrogen and oxygen atoms in total. The standard InChI is InChI=1S/C16H20N2O3/c1-4-13-16(21)17-15(20)9-18(13)8-14(19)12-7-10(2)5-6-11(12)3/h5-7,13H,4,8-9H2,1-3H3,(H,17,20,21). The fourth-order valence-electron chi connectivity index (χ4n) is 2.64. The van der Waals surface area contributed by atoms with Gasteiger partial charge in [-0.05, 0) is 31.9 Å². The second kappa shape index (κ2) is 6.18. The Kier molecular flexibility index (Phi) is 4.53. The van der Waals surface area contributed by atoms with Crippen molar-refractivity contribution < 1.29 is 14.4 Å². The highest BCUT2D eigenvalue weighted by Crippen LogP contribution is 2.15. The topological polar surface area (TPSA) is 66.5 Å². The summed E-state index contributed by atoms with van der Waals surface area (Å²) < 4.78 is 0. The number of carbonyl (C=O) groups is 3. The zero-order valence-electron chi connectivity index (χ0n) is 12.6. The molecule has 1 fully saturated rings. The first kappa shape index (κ1) is 15.4. The van der Waals surface area contributed by atoms with E-state index in [1.165, 1.54) is 0 Å². The van der Waals surface area contributed by atoms with E-state index in [0.717, 1.165) is 11.1 Å². The lowest BCUT2D eigenvalue weighted by Crippen LogP contribution is -2.58. The molecule has 1 heterocycles. The van der Waals surface area contributed by atoms with Crippen molar-refractivity contribution in [3.05, 3.63) is 34.9 Å². The lowest BCUT2D eigenvalue weighted by Gasteiger charge is -2.32. The van der Waals surface area contributed by atoms with Gasteiger partial charge in [0.2, 0.25) is 11.8 Å². The van der Waals surface area contributed by atoms with E-state index in [9.17, 15) is 14.4 Å². The van der Waals surface area contributed by atoms with Crippen LogP contribution in [0, 0.1) is 13.8 Å². The second-order valence-corrected chi connectivity index (χ2v) is 5.48. The fraction of sp³-hybridized carbons (Fsp3) is 0.438. The number of aryl methyl sites for hydroxylation is 2. The van der Waals surface area contributed by atoms with Gasteiger partial charge in [-0.15, -0.1) is 0 Å². The van der Waals surface area contributed by atoms with Crippen molar-refractivity contribution in [2.75, 3.05) is 13.1 Å². The van der Waals surface area contributed by atoms with Gasteiger partial charge in [0.15, 0.2) is 5.78 Å². The van der Waals surface area contributed by atoms with Crippen molar-refractivity contribution in [1.82, 2.24) is 10.2 Å². The van der Waals surface area contributed by atoms with Crippen molar-refractivity contribution in [3.63, 3.8) is 0 Å². The van der Waals surface area contributed by atoms with Crippen LogP contribution in [0.5, 0.6) is 0 Å². The molecule has 1 aromatic carbocycles. The maximum Gasteiger partial charge on any atom is 0.243 e. The first-order valence-electron chi connectivity index (χ1n) is 7.10. The number of piperazine rings is 1. The minimum Gasteiger partial charge on any atom is -0.294 e. The van der Waals surface area contributed by atoms with Gasteiger partial charge in [-0.1, -0.05) is 24.6 Å². The summed E-state index contributed by atoms with van der Waals surface area (Å²) in [5.74, 6) is -0.724. The number of benzene rings is 1. The van der Waals surface area contributed by atoms with Crippen LogP contribution >= 0.6 is 0 Å². The van der Waals surface area contributed by atoms with Crippen LogP contribution in [0.2, 0.25) is 0 Å². The maximum atomic E-state index is 12.5. The molecule has 1 atom stereocenters. The van der Waals surface area contributed by atoms with Crippen molar-refractivity contribution in [3.8, 4) is 0 Å². The van der Waals surface area contributed by atoms with Crippen LogP contribution in [0.15, 0.2) is 18.2 Å². The average Bonchev–Trinajstić information content (AvgIpc) is 2.41. The summed E-state index contributed by atoms with van der Waals surface area (Å²) in [4.78, 5) is 37.4. The Balaban J connectivity index is 2.19. The minimum atomic E-state index is -0.420. The van der Waals surface area contributed by atoms with Crippen LogP contribution in [-0.4, -0.2) is 41.6 Å². The monoisotopic (exact) mass is 288 g/mol. The number of imide groups is 1. The van der Waals surface area contributed by atoms with E-state index in [-0.39, 0.29) is 30.7 Å². The van der Waals surface area contributed by atoms with E-state index in [2.05, 4.69) is 5.32 Å². The summed E-state index contributed by atoms with van der Waals surface area (Å²) in [6.07, 6.45) is 0.569. The van der Waals surface area contributed by atoms with Gasteiger partial charge in [0.05, 0.1) is 19.1 Å². The Labute approximate surface area is 124 Å². The molecule has 0 bridgehead atoms. The molecule has 112 valence electrons. The fourth-order valence-corrected chi connectivity index (χ4v) is 2.64. The van der Waals surface area contributed by atoms with Gasteiger partial charge in [-0.25, -0.2) is 0 Å². The lowest BCUT2D eigenvalue weighted by molar-refractivity contribution is -0.139. The first-order chi connectivity index (χ1) is 9.92. The van der Waals surface area contributed by atoms with Gasteiger partial charge in [0, 0.05) is 5.56 Å². The summed E-state index contributed by atoms with van der Waals surface area (Å²) in [6.45, 7) is 5.86. The molecule has 2 amide bonds. The smallest absolute Gasteiger partial charge is 0.243 e. The minimum absolute atomic E-state index is 0.0582. The molecule has 1 N–H and O–H groups in total. The molecule has 1 aliphatic rings. The maximum absolute atomic E-state index is 12.5. The average molecular weight is 288 g/mol. The van der Waals surface area contributed by atoms with Crippen molar-refractivity contribution in [2.45, 2.75) is 33.2 Å². The van der Waals surface area contributed by atoms with Crippen LogP contribution in [0.4, 0.5) is 0 Å². The summed E-state index contributed by atoms with van der Waals surface area (Å²) in [7, 11) is 0. The van der Waals surface area contributed by atoms with Crippen LogP contribution in [0.25, 0.3) is 0 Å². The molecule has 0 aliphatic carbocycles. The molecular weight excluding hydrogens is 268 g/mol. The number of nitrogens with zero attached hydrogens (tertiary/aromatic N) is 1. The Morgan fingerprint density at radius 3 is 2.71 bits per heavy atom. The Bertz CT molecular complexity index is 595. The molecule has 5 heteroatoms. The van der Waals surface area contributed by atoms with Gasteiger partial charge in [0.25, 0.3) is 0 Å². The second-order valence-electron chi connectivity index (χ2n) is 5.48. The third-order valence-corrected chi connectivity index (χ3v) is 3.78. The van der Waals surface area contributed by atoms with E-state index in [4.69, 9.17) is 0 Å². The quantitative estimate of drug-likeness (QED) is 0.668. The number of hydrogen-bond donors (Lipinski definition) is 1. The third-order valence-electron chi connectivity index (χ3n) is 3.78. The van der Waals surface area contributed by atoms with Crippen LogP contribution in [0.3, 0.4) is 0 Å². The molecule has 0 radical (unpaired) electrons. The molecular formula is C16H20N2O3. The number of Topliss-reactive ketones (excluding diaryl/α,β-unsaturated/α-hetero) is 1.